The third-order valence-electron chi connectivity index (χ3n) is 5.38. The summed E-state index contributed by atoms with van der Waals surface area (Å²) in [5.74, 6) is -8.48. The number of anilines is 1. The third kappa shape index (κ3) is 21.0. The molecule has 0 aromatic carbocycles. The Balaban J connectivity index is 0.00000239. The summed E-state index contributed by atoms with van der Waals surface area (Å²) < 4.78 is 0. The molecule has 0 fully saturated rings. The minimum atomic E-state index is -1.34. The first kappa shape index (κ1) is 43.1. The average molecular weight is 724 g/mol. The molecule has 268 valence electrons. The standard InChI is InChI=1S/C20H32N6O12S2.C4H5N3O/c21-9(19(35)36)1-3-13(27)25-11(17(33)23-5-15(29)30)7-39-40-8-12(18(34)24-6-16(31)32)26-14(28)4-2-10(22)20(37)38;5-3-1-2-6-4(8)7-3/h9-12H,1-8,21-22H2,(H,23,33)(H,24,34)(H,25,27)(H,26,28)(H,29,30)(H,31,32)(H,35,36)(H,37,38);1-2H,(H3,5,6,7,8). The Morgan fingerprint density at radius 1 is 0.750 bits per heavy atom. The molecule has 4 amide bonds. The molecule has 0 saturated heterocycles. The third-order valence-corrected chi connectivity index (χ3v) is 7.80. The van der Waals surface area contributed by atoms with Crippen molar-refractivity contribution < 1.29 is 58.8 Å². The van der Waals surface area contributed by atoms with Gasteiger partial charge in [-0.2, -0.15) is 0 Å². The van der Waals surface area contributed by atoms with Crippen LogP contribution in [0.4, 0.5) is 5.82 Å². The number of nitrogens with one attached hydrogen (secondary N) is 5. The van der Waals surface area contributed by atoms with Gasteiger partial charge in [-0.05, 0) is 18.9 Å². The summed E-state index contributed by atoms with van der Waals surface area (Å²) in [6, 6.07) is -3.64. The number of aromatic amines is 1. The summed E-state index contributed by atoms with van der Waals surface area (Å²) >= 11 is 0. The molecule has 22 nitrogen and oxygen atoms in total. The van der Waals surface area contributed by atoms with E-state index in [0.29, 0.717) is 5.82 Å². The number of carboxylic acids is 4. The van der Waals surface area contributed by atoms with E-state index >= 15 is 0 Å². The highest BCUT2D eigenvalue weighted by molar-refractivity contribution is 8.76. The Bertz CT molecular complexity index is 1270. The van der Waals surface area contributed by atoms with Gasteiger partial charge in [-0.3, -0.25) is 43.3 Å². The largest absolute Gasteiger partial charge is 0.480 e. The number of nitrogens with two attached hydrogens (primary N) is 3. The van der Waals surface area contributed by atoms with E-state index in [1.54, 1.807) is 0 Å². The van der Waals surface area contributed by atoms with Crippen LogP contribution >= 0.6 is 21.6 Å². The molecule has 4 unspecified atom stereocenters. The van der Waals surface area contributed by atoms with E-state index in [1.165, 1.54) is 12.3 Å². The molecule has 1 aromatic rings. The summed E-state index contributed by atoms with van der Waals surface area (Å²) in [6.07, 6.45) is 0.233. The molecule has 0 bridgehead atoms. The number of aliphatic carboxylic acids is 4. The minimum Gasteiger partial charge on any atom is -0.480 e. The van der Waals surface area contributed by atoms with E-state index in [0.717, 1.165) is 21.6 Å². The normalized spacial score (nSPS) is 12.8. The van der Waals surface area contributed by atoms with Crippen molar-refractivity contribution in [2.45, 2.75) is 49.9 Å². The number of carbonyl (C=O) groups excluding carboxylic acids is 4. The smallest absolute Gasteiger partial charge is 0.346 e. The van der Waals surface area contributed by atoms with Crippen LogP contribution in [0, 0.1) is 0 Å². The Labute approximate surface area is 279 Å². The number of carboxylic acid groups (broad SMARTS) is 4. The number of hydrogen-bond acceptors (Lipinski definition) is 15. The molecule has 4 atom stereocenters. The SMILES string of the molecule is NC(CCC(=O)NC(CSSCC(NC(=O)CCC(N)C(=O)O)C(=O)NCC(=O)O)C(=O)NCC(=O)O)C(=O)O.Nc1ccnc(=O)[nH]1. The first-order valence-electron chi connectivity index (χ1n) is 13.5. The molecule has 0 radical (unpaired) electrons. The summed E-state index contributed by atoms with van der Waals surface area (Å²) in [7, 11) is 1.89. The Hall–Kier alpha value is -4.94. The van der Waals surface area contributed by atoms with E-state index in [9.17, 15) is 43.2 Å². The van der Waals surface area contributed by atoms with Gasteiger partial charge in [0, 0.05) is 30.5 Å². The maximum absolute atomic E-state index is 12.4. The number of aromatic nitrogens is 2. The molecule has 15 N–H and O–H groups in total. The second-order valence-corrected chi connectivity index (χ2v) is 11.9. The van der Waals surface area contributed by atoms with Gasteiger partial charge in [0.1, 0.15) is 43.1 Å². The fourth-order valence-electron chi connectivity index (χ4n) is 2.91. The zero-order valence-corrected chi connectivity index (χ0v) is 26.7. The van der Waals surface area contributed by atoms with Crippen molar-refractivity contribution in [3.63, 3.8) is 0 Å². The lowest BCUT2D eigenvalue weighted by atomic mass is 10.1. The summed E-state index contributed by atoms with van der Waals surface area (Å²) in [6.45, 7) is -1.48. The highest BCUT2D eigenvalue weighted by atomic mass is 33.1. The van der Waals surface area contributed by atoms with Crippen LogP contribution in [-0.2, 0) is 38.4 Å². The number of H-pyrrole nitrogens is 1. The second kappa shape index (κ2) is 23.4. The van der Waals surface area contributed by atoms with Crippen LogP contribution in [-0.4, -0.2) is 127 Å². The highest BCUT2D eigenvalue weighted by Gasteiger charge is 2.25. The number of carbonyl (C=O) groups is 8. The Morgan fingerprint density at radius 2 is 1.15 bits per heavy atom. The molecule has 0 saturated carbocycles. The average Bonchev–Trinajstić information content (AvgIpc) is 3.00. The van der Waals surface area contributed by atoms with E-state index < -0.39 is 90.5 Å². The maximum Gasteiger partial charge on any atom is 0.346 e. The molecule has 24 heteroatoms. The maximum atomic E-state index is 12.4. The fourth-order valence-corrected chi connectivity index (χ4v) is 5.23. The van der Waals surface area contributed by atoms with E-state index in [1.807, 2.05) is 0 Å². The molecular weight excluding hydrogens is 686 g/mol. The lowest BCUT2D eigenvalue weighted by molar-refractivity contribution is -0.140. The first-order chi connectivity index (χ1) is 22.4. The Kier molecular flexibility index (Phi) is 21.0. The van der Waals surface area contributed by atoms with Gasteiger partial charge >= 0.3 is 29.6 Å². The molecular formula is C24H37N9O13S2. The zero-order chi connectivity index (χ0) is 36.8. The highest BCUT2D eigenvalue weighted by Crippen LogP contribution is 2.23. The molecule has 0 aliphatic carbocycles. The van der Waals surface area contributed by atoms with Gasteiger partial charge in [0.15, 0.2) is 0 Å². The van der Waals surface area contributed by atoms with Crippen LogP contribution in [0.5, 0.6) is 0 Å². The van der Waals surface area contributed by atoms with Gasteiger partial charge < -0.3 is 58.9 Å². The Morgan fingerprint density at radius 3 is 1.44 bits per heavy atom. The number of nitrogens with zero attached hydrogens (tertiary/aromatic N) is 1. The summed E-state index contributed by atoms with van der Waals surface area (Å²) in [5.41, 5.74) is 15.4. The van der Waals surface area contributed by atoms with Gasteiger partial charge in [-0.15, -0.1) is 0 Å². The van der Waals surface area contributed by atoms with Crippen LogP contribution < -0.4 is 44.2 Å². The molecule has 0 aliphatic rings. The van der Waals surface area contributed by atoms with Gasteiger partial charge in [0.2, 0.25) is 23.6 Å². The zero-order valence-electron chi connectivity index (χ0n) is 25.1. The van der Waals surface area contributed by atoms with Crippen molar-refractivity contribution in [2.75, 3.05) is 30.3 Å². The van der Waals surface area contributed by atoms with E-state index in [2.05, 4.69) is 31.2 Å². The van der Waals surface area contributed by atoms with Crippen LogP contribution in [0.3, 0.4) is 0 Å². The molecule has 0 aliphatic heterocycles. The van der Waals surface area contributed by atoms with Crippen molar-refractivity contribution in [1.82, 2.24) is 31.2 Å². The van der Waals surface area contributed by atoms with Gasteiger partial charge in [-0.25, -0.2) is 9.78 Å². The van der Waals surface area contributed by atoms with Crippen LogP contribution in [0.25, 0.3) is 0 Å². The van der Waals surface area contributed by atoms with Gasteiger partial charge in [0.25, 0.3) is 0 Å². The predicted molar refractivity (Wildman–Crippen MR) is 169 cm³/mol. The fraction of sp³-hybridized carbons (Fsp3) is 0.500. The number of nitrogen functional groups attached to an aromatic ring is 1. The molecule has 0 spiro atoms. The van der Waals surface area contributed by atoms with Crippen molar-refractivity contribution in [3.8, 4) is 0 Å². The quantitative estimate of drug-likeness (QED) is 0.0420. The van der Waals surface area contributed by atoms with Crippen molar-refractivity contribution in [1.29, 1.82) is 0 Å². The summed E-state index contributed by atoms with van der Waals surface area (Å²) in [5, 5.41) is 44.1. The number of rotatable bonds is 21. The molecule has 1 heterocycles. The van der Waals surface area contributed by atoms with Crippen molar-refractivity contribution in [2.24, 2.45) is 11.5 Å². The van der Waals surface area contributed by atoms with Crippen LogP contribution in [0.15, 0.2) is 17.1 Å². The molecule has 1 aromatic heterocycles. The monoisotopic (exact) mass is 723 g/mol. The van der Waals surface area contributed by atoms with E-state index in [-0.39, 0.29) is 37.2 Å². The minimum absolute atomic E-state index is 0.155. The van der Waals surface area contributed by atoms with Crippen molar-refractivity contribution in [3.05, 3.63) is 22.7 Å². The van der Waals surface area contributed by atoms with Crippen LogP contribution in [0.1, 0.15) is 25.7 Å². The van der Waals surface area contributed by atoms with E-state index in [4.69, 9.17) is 37.6 Å². The van der Waals surface area contributed by atoms with Crippen LogP contribution in [0.2, 0.25) is 0 Å². The van der Waals surface area contributed by atoms with Crippen molar-refractivity contribution >= 4 is 74.9 Å². The lowest BCUT2D eigenvalue weighted by Gasteiger charge is -2.20. The molecule has 1 rings (SSSR count). The summed E-state index contributed by atoms with van der Waals surface area (Å²) in [4.78, 5) is 108. The lowest BCUT2D eigenvalue weighted by Crippen LogP contribution is -2.50. The topological polar surface area (TPSA) is 389 Å². The van der Waals surface area contributed by atoms with Gasteiger partial charge in [-0.1, -0.05) is 21.6 Å². The van der Waals surface area contributed by atoms with Gasteiger partial charge in [0.05, 0.1) is 0 Å². The number of hydrogen-bond donors (Lipinski definition) is 12. The second-order valence-electron chi connectivity index (χ2n) is 9.33. The predicted octanol–water partition coefficient (Wildman–Crippen LogP) is -4.52. The number of amides is 4. The molecule has 48 heavy (non-hydrogen) atoms. The first-order valence-corrected chi connectivity index (χ1v) is 16.0.